The van der Waals surface area contributed by atoms with Crippen LogP contribution in [-0.4, -0.2) is 71.1 Å². The summed E-state index contributed by atoms with van der Waals surface area (Å²) >= 11 is 0. The van der Waals surface area contributed by atoms with Gasteiger partial charge in [0.1, 0.15) is 6.33 Å². The Bertz CT molecular complexity index is 667. The Balaban J connectivity index is 1.71. The molecule has 0 radical (unpaired) electrons. The van der Waals surface area contributed by atoms with E-state index < -0.39 is 0 Å². The van der Waals surface area contributed by atoms with Gasteiger partial charge in [0.2, 0.25) is 5.95 Å². The summed E-state index contributed by atoms with van der Waals surface area (Å²) in [4.78, 5) is 30.6. The van der Waals surface area contributed by atoms with Crippen molar-refractivity contribution >= 4 is 12.0 Å². The van der Waals surface area contributed by atoms with E-state index in [1.165, 1.54) is 0 Å². The van der Waals surface area contributed by atoms with Crippen LogP contribution in [0.15, 0.2) is 36.7 Å². The smallest absolute Gasteiger partial charge is 0.319 e. The Morgan fingerprint density at radius 3 is 2.39 bits per heavy atom. The molecule has 23 heavy (non-hydrogen) atoms. The first-order valence-electron chi connectivity index (χ1n) is 7.61. The largest absolute Gasteiger partial charge is 0.337 e. The van der Waals surface area contributed by atoms with Gasteiger partial charge < -0.3 is 14.7 Å². The number of amides is 2. The van der Waals surface area contributed by atoms with Crippen LogP contribution in [0.5, 0.6) is 0 Å². The van der Waals surface area contributed by atoms with Gasteiger partial charge in [-0.15, -0.1) is 0 Å². The fourth-order valence-corrected chi connectivity index (χ4v) is 2.55. The highest BCUT2D eigenvalue weighted by molar-refractivity contribution is 5.74. The van der Waals surface area contributed by atoms with E-state index in [1.54, 1.807) is 25.3 Å². The van der Waals surface area contributed by atoms with Crippen LogP contribution in [0.1, 0.15) is 0 Å². The highest BCUT2D eigenvalue weighted by Gasteiger charge is 2.23. The van der Waals surface area contributed by atoms with Gasteiger partial charge in [-0.3, -0.25) is 0 Å². The first-order valence-corrected chi connectivity index (χ1v) is 7.61. The molecular weight excluding hydrogens is 292 g/mol. The lowest BCUT2D eigenvalue weighted by atomic mass is 10.2. The van der Waals surface area contributed by atoms with Gasteiger partial charge in [-0.05, 0) is 0 Å². The fraction of sp³-hybridized carbons (Fsp3) is 0.375. The van der Waals surface area contributed by atoms with Crippen LogP contribution < -0.4 is 4.90 Å². The second-order valence-electron chi connectivity index (χ2n) is 5.63. The molecule has 2 amide bonds. The van der Waals surface area contributed by atoms with Crippen molar-refractivity contribution in [3.05, 3.63) is 36.7 Å². The van der Waals surface area contributed by atoms with E-state index >= 15 is 0 Å². The summed E-state index contributed by atoms with van der Waals surface area (Å²) in [7, 11) is 3.54. The standard InChI is InChI=1S/C16H20N6O/c1-20(2)16(23)22-10-8-21(9-11-22)15-18-12-17-14(19-15)13-6-4-3-5-7-13/h3-7,12H,8-11H2,1-2H3. The van der Waals surface area contributed by atoms with Crippen LogP contribution in [0.2, 0.25) is 0 Å². The van der Waals surface area contributed by atoms with Crippen molar-refractivity contribution in [2.75, 3.05) is 45.2 Å². The minimum absolute atomic E-state index is 0.0465. The molecule has 2 aromatic rings. The van der Waals surface area contributed by atoms with Crippen LogP contribution in [0, 0.1) is 0 Å². The molecule has 1 aromatic carbocycles. The molecule has 1 saturated heterocycles. The summed E-state index contributed by atoms with van der Waals surface area (Å²) in [5.74, 6) is 1.33. The van der Waals surface area contributed by atoms with Crippen molar-refractivity contribution in [1.29, 1.82) is 0 Å². The topological polar surface area (TPSA) is 65.5 Å². The molecule has 120 valence electrons. The molecule has 0 N–H and O–H groups in total. The zero-order valence-electron chi connectivity index (χ0n) is 13.4. The van der Waals surface area contributed by atoms with Crippen molar-refractivity contribution < 1.29 is 4.79 Å². The Hall–Kier alpha value is -2.70. The van der Waals surface area contributed by atoms with E-state index in [0.29, 0.717) is 24.9 Å². The van der Waals surface area contributed by atoms with Gasteiger partial charge in [0.25, 0.3) is 0 Å². The third-order valence-corrected chi connectivity index (χ3v) is 3.81. The van der Waals surface area contributed by atoms with Crippen molar-refractivity contribution in [1.82, 2.24) is 24.8 Å². The maximum absolute atomic E-state index is 12.0. The van der Waals surface area contributed by atoms with Gasteiger partial charge in [-0.25, -0.2) is 14.8 Å². The number of hydrogen-bond donors (Lipinski definition) is 0. The SMILES string of the molecule is CN(C)C(=O)N1CCN(c2ncnc(-c3ccccc3)n2)CC1. The van der Waals surface area contributed by atoms with E-state index in [4.69, 9.17) is 0 Å². The van der Waals surface area contributed by atoms with Gasteiger partial charge in [0, 0.05) is 45.8 Å². The van der Waals surface area contributed by atoms with Crippen LogP contribution in [0.3, 0.4) is 0 Å². The number of benzene rings is 1. The number of carbonyl (C=O) groups is 1. The number of rotatable bonds is 2. The summed E-state index contributed by atoms with van der Waals surface area (Å²) < 4.78 is 0. The summed E-state index contributed by atoms with van der Waals surface area (Å²) in [6.45, 7) is 2.78. The molecule has 0 atom stereocenters. The minimum Gasteiger partial charge on any atom is -0.337 e. The predicted molar refractivity (Wildman–Crippen MR) is 88.1 cm³/mol. The van der Waals surface area contributed by atoms with Crippen molar-refractivity contribution in [2.45, 2.75) is 0 Å². The third kappa shape index (κ3) is 3.39. The normalized spacial score (nSPS) is 14.7. The zero-order valence-corrected chi connectivity index (χ0v) is 13.4. The number of carbonyl (C=O) groups excluding carboxylic acids is 1. The zero-order chi connectivity index (χ0) is 16.2. The van der Waals surface area contributed by atoms with Crippen LogP contribution in [0.25, 0.3) is 11.4 Å². The molecule has 0 saturated carbocycles. The third-order valence-electron chi connectivity index (χ3n) is 3.81. The molecule has 7 heteroatoms. The summed E-state index contributed by atoms with van der Waals surface area (Å²) in [6, 6.07) is 9.89. The fourth-order valence-electron chi connectivity index (χ4n) is 2.55. The van der Waals surface area contributed by atoms with Crippen molar-refractivity contribution in [3.63, 3.8) is 0 Å². The minimum atomic E-state index is 0.0465. The molecule has 3 rings (SSSR count). The number of anilines is 1. The second-order valence-corrected chi connectivity index (χ2v) is 5.63. The maximum Gasteiger partial charge on any atom is 0.319 e. The number of nitrogens with zero attached hydrogens (tertiary/aromatic N) is 6. The first-order chi connectivity index (χ1) is 11.1. The molecule has 1 aliphatic rings. The van der Waals surface area contributed by atoms with E-state index in [1.807, 2.05) is 35.2 Å². The highest BCUT2D eigenvalue weighted by Crippen LogP contribution is 2.17. The monoisotopic (exact) mass is 312 g/mol. The number of aromatic nitrogens is 3. The molecule has 0 bridgehead atoms. The van der Waals surface area contributed by atoms with E-state index in [-0.39, 0.29) is 6.03 Å². The van der Waals surface area contributed by atoms with Gasteiger partial charge in [0.15, 0.2) is 5.82 Å². The molecule has 2 heterocycles. The van der Waals surface area contributed by atoms with Gasteiger partial charge >= 0.3 is 6.03 Å². The quantitative estimate of drug-likeness (QED) is 0.837. The molecular formula is C16H20N6O. The lowest BCUT2D eigenvalue weighted by Crippen LogP contribution is -2.51. The number of hydrogen-bond acceptors (Lipinski definition) is 5. The number of urea groups is 1. The Morgan fingerprint density at radius 2 is 1.74 bits per heavy atom. The van der Waals surface area contributed by atoms with Crippen LogP contribution in [-0.2, 0) is 0 Å². The average molecular weight is 312 g/mol. The lowest BCUT2D eigenvalue weighted by Gasteiger charge is -2.35. The van der Waals surface area contributed by atoms with Crippen molar-refractivity contribution in [2.24, 2.45) is 0 Å². The Kier molecular flexibility index (Phi) is 4.36. The predicted octanol–water partition coefficient (Wildman–Crippen LogP) is 1.34. The van der Waals surface area contributed by atoms with Gasteiger partial charge in [0.05, 0.1) is 0 Å². The first kappa shape index (κ1) is 15.2. The lowest BCUT2D eigenvalue weighted by molar-refractivity contribution is 0.167. The van der Waals surface area contributed by atoms with E-state index in [9.17, 15) is 4.79 Å². The van der Waals surface area contributed by atoms with Gasteiger partial charge in [-0.1, -0.05) is 30.3 Å². The van der Waals surface area contributed by atoms with Crippen LogP contribution in [0.4, 0.5) is 10.7 Å². The molecule has 0 aliphatic carbocycles. The number of piperazine rings is 1. The van der Waals surface area contributed by atoms with Gasteiger partial charge in [-0.2, -0.15) is 4.98 Å². The second kappa shape index (κ2) is 6.60. The molecule has 0 spiro atoms. The van der Waals surface area contributed by atoms with E-state index in [2.05, 4.69) is 19.9 Å². The Morgan fingerprint density at radius 1 is 1.04 bits per heavy atom. The molecule has 1 aromatic heterocycles. The molecule has 7 nitrogen and oxygen atoms in total. The van der Waals surface area contributed by atoms with Crippen LogP contribution >= 0.6 is 0 Å². The summed E-state index contributed by atoms with van der Waals surface area (Å²) in [5.41, 5.74) is 0.970. The Labute approximate surface area is 135 Å². The molecule has 0 unspecified atom stereocenters. The summed E-state index contributed by atoms with van der Waals surface area (Å²) in [6.07, 6.45) is 1.54. The summed E-state index contributed by atoms with van der Waals surface area (Å²) in [5, 5.41) is 0. The molecule has 1 fully saturated rings. The average Bonchev–Trinajstić information content (AvgIpc) is 2.62. The van der Waals surface area contributed by atoms with E-state index in [0.717, 1.165) is 18.7 Å². The van der Waals surface area contributed by atoms with Crippen molar-refractivity contribution in [3.8, 4) is 11.4 Å². The highest BCUT2D eigenvalue weighted by atomic mass is 16.2. The molecule has 1 aliphatic heterocycles. The maximum atomic E-state index is 12.0.